The van der Waals surface area contributed by atoms with Crippen LogP contribution in [0.5, 0.6) is 0 Å². The monoisotopic (exact) mass is 489 g/mol. The average Bonchev–Trinajstić information content (AvgIpc) is 2.86. The van der Waals surface area contributed by atoms with Crippen LogP contribution >= 0.6 is 0 Å². The quantitative estimate of drug-likeness (QED) is 0.228. The van der Waals surface area contributed by atoms with Crippen molar-refractivity contribution >= 4 is 17.6 Å². The van der Waals surface area contributed by atoms with Gasteiger partial charge in [0.15, 0.2) is 0 Å². The minimum atomic E-state index is -4.50. The largest absolute Gasteiger partial charge is 0.416 e. The van der Waals surface area contributed by atoms with Crippen LogP contribution in [0.3, 0.4) is 0 Å². The van der Waals surface area contributed by atoms with Gasteiger partial charge in [0.25, 0.3) is 0 Å². The molecule has 0 aromatic heterocycles. The molecule has 0 aliphatic carbocycles. The van der Waals surface area contributed by atoms with E-state index in [9.17, 15) is 18.4 Å². The van der Waals surface area contributed by atoms with Gasteiger partial charge in [-0.3, -0.25) is 4.99 Å². The summed E-state index contributed by atoms with van der Waals surface area (Å²) in [4.78, 5) is 6.32. The Morgan fingerprint density at radius 2 is 1.81 bits per heavy atom. The lowest BCUT2D eigenvalue weighted by atomic mass is 9.75. The molecular formula is C30H30F3N3. The molecule has 1 aliphatic rings. The predicted molar refractivity (Wildman–Crippen MR) is 140 cm³/mol. The average molecular weight is 490 g/mol. The first-order chi connectivity index (χ1) is 17.2. The van der Waals surface area contributed by atoms with Gasteiger partial charge in [-0.25, -0.2) is 0 Å². The first-order valence-corrected chi connectivity index (χ1v) is 11.8. The zero-order chi connectivity index (χ0) is 26.3. The Morgan fingerprint density at radius 3 is 2.33 bits per heavy atom. The highest BCUT2D eigenvalue weighted by molar-refractivity contribution is 5.82. The van der Waals surface area contributed by atoms with Crippen LogP contribution in [0.25, 0.3) is 11.4 Å². The summed E-state index contributed by atoms with van der Waals surface area (Å²) in [6, 6.07) is 14.3. The van der Waals surface area contributed by atoms with E-state index in [-0.39, 0.29) is 0 Å². The number of benzene rings is 2. The summed E-state index contributed by atoms with van der Waals surface area (Å²) in [6.07, 6.45) is 2.10. The SMILES string of the molecule is C=C=C(c1cc(C(F)(F)F)ccc1/C(=C/C=C)N=CC)N1CCC(C#N)(Cc2ccc(C)cc2)CC1. The summed E-state index contributed by atoms with van der Waals surface area (Å²) >= 11 is 0. The molecule has 2 aromatic carbocycles. The second-order valence-electron chi connectivity index (χ2n) is 9.00. The Bertz CT molecular complexity index is 1250. The second-order valence-corrected chi connectivity index (χ2v) is 9.00. The molecule has 6 heteroatoms. The lowest BCUT2D eigenvalue weighted by Gasteiger charge is -2.39. The van der Waals surface area contributed by atoms with Gasteiger partial charge in [0.1, 0.15) is 0 Å². The van der Waals surface area contributed by atoms with Gasteiger partial charge in [-0.1, -0.05) is 55.1 Å². The van der Waals surface area contributed by atoms with E-state index in [1.54, 1.807) is 25.3 Å². The van der Waals surface area contributed by atoms with Crippen LogP contribution in [0.15, 0.2) is 78.5 Å². The number of likely N-dealkylation sites (tertiary alicyclic amines) is 1. The van der Waals surface area contributed by atoms with Crippen LogP contribution in [0.4, 0.5) is 13.2 Å². The number of aryl methyl sites for hydroxylation is 1. The van der Waals surface area contributed by atoms with E-state index >= 15 is 0 Å². The van der Waals surface area contributed by atoms with Crippen molar-refractivity contribution in [3.63, 3.8) is 0 Å². The zero-order valence-electron chi connectivity index (χ0n) is 20.7. The Kier molecular flexibility index (Phi) is 8.40. The molecule has 0 amide bonds. The normalized spacial score (nSPS) is 15.9. The molecule has 0 atom stereocenters. The maximum atomic E-state index is 13.6. The molecule has 186 valence electrons. The Balaban J connectivity index is 1.96. The molecule has 0 spiro atoms. The topological polar surface area (TPSA) is 39.4 Å². The van der Waals surface area contributed by atoms with E-state index in [2.05, 4.69) is 30.0 Å². The molecule has 3 nitrogen and oxygen atoms in total. The van der Waals surface area contributed by atoms with Crippen molar-refractivity contribution in [2.45, 2.75) is 39.3 Å². The van der Waals surface area contributed by atoms with Crippen LogP contribution in [-0.2, 0) is 12.6 Å². The maximum absolute atomic E-state index is 13.6. The van der Waals surface area contributed by atoms with Gasteiger partial charge in [0.05, 0.1) is 28.4 Å². The molecule has 0 bridgehead atoms. The summed E-state index contributed by atoms with van der Waals surface area (Å²) in [5, 5.41) is 10.1. The van der Waals surface area contributed by atoms with Gasteiger partial charge in [0, 0.05) is 30.4 Å². The van der Waals surface area contributed by atoms with E-state index in [4.69, 9.17) is 0 Å². The Morgan fingerprint density at radius 1 is 1.14 bits per heavy atom. The molecule has 0 unspecified atom stereocenters. The van der Waals surface area contributed by atoms with Gasteiger partial charge < -0.3 is 4.90 Å². The van der Waals surface area contributed by atoms with Crippen molar-refractivity contribution in [2.75, 3.05) is 13.1 Å². The third kappa shape index (κ3) is 6.05. The van der Waals surface area contributed by atoms with Crippen molar-refractivity contribution < 1.29 is 13.2 Å². The minimum Gasteiger partial charge on any atom is -0.365 e. The fourth-order valence-corrected chi connectivity index (χ4v) is 4.55. The number of piperidine rings is 1. The maximum Gasteiger partial charge on any atom is 0.416 e. The minimum absolute atomic E-state index is 0.349. The molecule has 1 fully saturated rings. The third-order valence-corrected chi connectivity index (χ3v) is 6.53. The Labute approximate surface area is 211 Å². The molecule has 1 heterocycles. The number of hydrogen-bond donors (Lipinski definition) is 0. The first-order valence-electron chi connectivity index (χ1n) is 11.8. The number of alkyl halides is 3. The highest BCUT2D eigenvalue weighted by Crippen LogP contribution is 2.40. The van der Waals surface area contributed by atoms with Crippen molar-refractivity contribution in [1.82, 2.24) is 4.90 Å². The van der Waals surface area contributed by atoms with Crippen molar-refractivity contribution in [3.8, 4) is 6.07 Å². The van der Waals surface area contributed by atoms with Crippen molar-refractivity contribution in [1.29, 1.82) is 5.26 Å². The van der Waals surface area contributed by atoms with Crippen LogP contribution in [-0.4, -0.2) is 24.2 Å². The number of nitriles is 1. The first kappa shape index (κ1) is 26.8. The lowest BCUT2D eigenvalue weighted by molar-refractivity contribution is -0.137. The van der Waals surface area contributed by atoms with Gasteiger partial charge in [-0.05, 0) is 56.9 Å². The molecule has 1 saturated heterocycles. The number of hydrogen-bond acceptors (Lipinski definition) is 3. The number of allylic oxidation sites excluding steroid dienone is 2. The van der Waals surface area contributed by atoms with Gasteiger partial charge in [0.2, 0.25) is 0 Å². The van der Waals surface area contributed by atoms with Gasteiger partial charge in [-0.15, -0.1) is 5.73 Å². The summed E-state index contributed by atoms with van der Waals surface area (Å²) in [6.45, 7) is 12.3. The molecule has 0 saturated carbocycles. The number of aliphatic imine (C=N–C) groups is 1. The third-order valence-electron chi connectivity index (χ3n) is 6.53. The van der Waals surface area contributed by atoms with Gasteiger partial charge in [-0.2, -0.15) is 18.4 Å². The summed E-state index contributed by atoms with van der Waals surface area (Å²) in [5.74, 6) is 0. The number of nitrogens with zero attached hydrogens (tertiary/aromatic N) is 3. The van der Waals surface area contributed by atoms with E-state index in [0.717, 1.165) is 23.3 Å². The van der Waals surface area contributed by atoms with Crippen LogP contribution in [0.1, 0.15) is 47.6 Å². The number of rotatable bonds is 7. The molecule has 2 aromatic rings. The summed E-state index contributed by atoms with van der Waals surface area (Å²) < 4.78 is 40.9. The fraction of sp³-hybridized carbons (Fsp3) is 0.300. The van der Waals surface area contributed by atoms with Crippen LogP contribution in [0.2, 0.25) is 0 Å². The molecular weight excluding hydrogens is 459 g/mol. The highest BCUT2D eigenvalue weighted by atomic mass is 19.4. The van der Waals surface area contributed by atoms with E-state index in [1.807, 2.05) is 36.1 Å². The Hall–Kier alpha value is -3.81. The molecule has 3 rings (SSSR count). The fourth-order valence-electron chi connectivity index (χ4n) is 4.55. The molecule has 0 N–H and O–H groups in total. The number of halogens is 3. The summed E-state index contributed by atoms with van der Waals surface area (Å²) in [5.41, 5.74) is 5.71. The van der Waals surface area contributed by atoms with Gasteiger partial charge >= 0.3 is 6.18 Å². The lowest BCUT2D eigenvalue weighted by Crippen LogP contribution is -2.39. The van der Waals surface area contributed by atoms with Crippen molar-refractivity contribution in [2.24, 2.45) is 10.4 Å². The second kappa shape index (κ2) is 11.3. The zero-order valence-corrected chi connectivity index (χ0v) is 20.7. The van der Waals surface area contributed by atoms with E-state index in [1.165, 1.54) is 6.07 Å². The van der Waals surface area contributed by atoms with E-state index < -0.39 is 17.2 Å². The van der Waals surface area contributed by atoms with Crippen LogP contribution < -0.4 is 0 Å². The van der Waals surface area contributed by atoms with Crippen molar-refractivity contribution in [3.05, 3.63) is 101 Å². The molecule has 36 heavy (non-hydrogen) atoms. The summed E-state index contributed by atoms with van der Waals surface area (Å²) in [7, 11) is 0. The molecule has 1 aliphatic heterocycles. The highest BCUT2D eigenvalue weighted by Gasteiger charge is 2.37. The van der Waals surface area contributed by atoms with E-state index in [0.29, 0.717) is 54.9 Å². The smallest absolute Gasteiger partial charge is 0.365 e. The standard InChI is InChI=1S/C30H30F3N3/c1-5-8-27(35-7-3)25-14-13-24(30(31,32)33)19-26(25)28(6-2)36-17-15-29(21-34,16-18-36)20-23-11-9-22(4)10-12-23/h5,7-14,19H,1-2,15-18,20H2,3-4H3/b27-8-,35-7?. The van der Waals surface area contributed by atoms with Crippen LogP contribution in [0, 0.1) is 23.7 Å². The molecule has 0 radical (unpaired) electrons. The predicted octanol–water partition coefficient (Wildman–Crippen LogP) is 7.61.